The van der Waals surface area contributed by atoms with Crippen LogP contribution in [0.2, 0.25) is 0 Å². The number of nitrogens with zero attached hydrogens (tertiary/aromatic N) is 2. The lowest BCUT2D eigenvalue weighted by Gasteiger charge is -2.32. The van der Waals surface area contributed by atoms with E-state index in [0.717, 1.165) is 82.3 Å². The van der Waals surface area contributed by atoms with E-state index in [9.17, 15) is 19.2 Å². The Morgan fingerprint density at radius 2 is 0.833 bits per heavy atom. The number of aromatic amines is 2. The standard InChI is InChI=1S/C33H39BN2O4.C27H27BrN2O2.C12H24B2O4/c1-20-18-21(2)35-31(38)26(20)16-17-29(37)30-23(4)36(28-15-10-9-14-27(28)30)22(3)24-12-11-13-25(19-24)34-39-32(5,6)33(7,8)40-34;1-16-14-17(2)29-27(32)22(16)12-13-25(31)26-19(4)30(24-11-6-5-10-23(24)26)18(3)20-8-7-9-21(28)15-20;1-9(2)10(3,4)16-13(15-9)14-17-11(5,6)12(7,8)18-14/h9-15,18-19,22H,16-17H2,1-8H3,(H,35,38);5-11,14-15,18H,12-13H2,1-4H3,(H,29,32);1-8H3. The van der Waals surface area contributed by atoms with Crippen molar-refractivity contribution in [3.63, 3.8) is 0 Å². The molecule has 0 bridgehead atoms. The van der Waals surface area contributed by atoms with Crippen LogP contribution >= 0.6 is 15.9 Å². The van der Waals surface area contributed by atoms with Crippen LogP contribution in [0.3, 0.4) is 0 Å². The zero-order valence-electron chi connectivity index (χ0n) is 56.5. The van der Waals surface area contributed by atoms with E-state index in [4.69, 9.17) is 27.9 Å². The molecule has 11 rings (SSSR count). The van der Waals surface area contributed by atoms with Crippen LogP contribution in [0.5, 0.6) is 0 Å². The number of hydrogen-bond donors (Lipinski definition) is 2. The highest BCUT2D eigenvalue weighted by molar-refractivity contribution is 9.10. The first kappa shape index (κ1) is 68.0. The number of benzene rings is 4. The third kappa shape index (κ3) is 13.5. The minimum atomic E-state index is -0.476. The summed E-state index contributed by atoms with van der Waals surface area (Å²) in [6, 6.07) is 36.7. The van der Waals surface area contributed by atoms with Crippen molar-refractivity contribution in [2.75, 3.05) is 0 Å². The molecule has 2 unspecified atom stereocenters. The largest absolute Gasteiger partial charge is 0.494 e. The minimum Gasteiger partial charge on any atom is -0.405 e. The number of rotatable bonds is 14. The number of hydrogen-bond acceptors (Lipinski definition) is 10. The number of aryl methyl sites for hydroxylation is 4. The number of Topliss-reactive ketones (excluding diaryl/α,β-unsaturated/α-hetero) is 2. The maximum atomic E-state index is 13.7. The quantitative estimate of drug-likeness (QED) is 0.0791. The van der Waals surface area contributed by atoms with E-state index in [1.165, 1.54) is 5.56 Å². The number of pyridine rings is 2. The molecule has 8 aromatic rings. The number of halogens is 1. The molecule has 474 valence electrons. The Bertz CT molecular complexity index is 4070. The Hall–Kier alpha value is -6.37. The van der Waals surface area contributed by atoms with Crippen molar-refractivity contribution in [2.45, 2.75) is 210 Å². The molecular weight excluding hydrogens is 1190 g/mol. The normalized spacial score (nSPS) is 18.3. The van der Waals surface area contributed by atoms with Crippen molar-refractivity contribution in [2.24, 2.45) is 0 Å². The van der Waals surface area contributed by atoms with Crippen molar-refractivity contribution < 1.29 is 37.5 Å². The summed E-state index contributed by atoms with van der Waals surface area (Å²) in [5, 5.41) is 1.90. The number of aromatic nitrogens is 4. The number of para-hydroxylation sites is 2. The maximum Gasteiger partial charge on any atom is 0.494 e. The van der Waals surface area contributed by atoms with Gasteiger partial charge in [0.15, 0.2) is 11.6 Å². The number of ketones is 2. The molecule has 0 aliphatic carbocycles. The first-order valence-corrected chi connectivity index (χ1v) is 32.3. The maximum absolute atomic E-state index is 13.7. The fourth-order valence-electron chi connectivity index (χ4n) is 12.6. The molecule has 0 spiro atoms. The summed E-state index contributed by atoms with van der Waals surface area (Å²) in [7, 11) is -1.39. The van der Waals surface area contributed by atoms with Gasteiger partial charge < -0.3 is 47.0 Å². The molecule has 90 heavy (non-hydrogen) atoms. The SMILES string of the molecule is CC1(C)OB(B2OC(C)(C)C(C)(C)O2)OC1(C)C.Cc1cc(C)c(CCC(=O)c2c(C)n(C(C)c3cccc(B4OC(C)(C)C(C)(C)O4)c3)c3ccccc23)c(=O)[nH]1.Cc1cc(C)c(CCC(=O)c2c(C)n(C(C)c3cccc(Br)c3)c3ccccc23)c(=O)[nH]1. The van der Waals surface area contributed by atoms with Crippen molar-refractivity contribution in [1.29, 1.82) is 0 Å². The topological polar surface area (TPSA) is 165 Å². The third-order valence-corrected chi connectivity index (χ3v) is 20.3. The second-order valence-electron chi connectivity index (χ2n) is 27.8. The molecule has 0 saturated carbocycles. The van der Waals surface area contributed by atoms with E-state index >= 15 is 0 Å². The molecule has 4 aromatic carbocycles. The van der Waals surface area contributed by atoms with Crippen LogP contribution in [0.15, 0.2) is 123 Å². The van der Waals surface area contributed by atoms with Crippen LogP contribution < -0.4 is 16.6 Å². The Labute approximate surface area is 541 Å². The highest BCUT2D eigenvalue weighted by Crippen LogP contribution is 2.44. The molecule has 4 aromatic heterocycles. The van der Waals surface area contributed by atoms with E-state index in [2.05, 4.69) is 113 Å². The lowest BCUT2D eigenvalue weighted by atomic mass is 9.49. The highest BCUT2D eigenvalue weighted by Gasteiger charge is 2.64. The molecule has 14 nitrogen and oxygen atoms in total. The Kier molecular flexibility index (Phi) is 19.4. The zero-order chi connectivity index (χ0) is 66.0. The molecule has 0 radical (unpaired) electrons. The molecule has 3 aliphatic rings. The fourth-order valence-corrected chi connectivity index (χ4v) is 13.0. The number of fused-ring (bicyclic) bond motifs is 2. The van der Waals surface area contributed by atoms with Gasteiger partial charge in [0.25, 0.3) is 11.1 Å². The van der Waals surface area contributed by atoms with Crippen molar-refractivity contribution >= 4 is 75.9 Å². The van der Waals surface area contributed by atoms with E-state index < -0.39 is 32.3 Å². The molecule has 3 aliphatic heterocycles. The molecule has 2 N–H and O–H groups in total. The summed E-state index contributed by atoms with van der Waals surface area (Å²) in [6.45, 7) is 40.4. The summed E-state index contributed by atoms with van der Waals surface area (Å²) in [6.07, 6.45) is 1.41. The van der Waals surface area contributed by atoms with E-state index in [1.807, 2.05) is 170 Å². The summed E-state index contributed by atoms with van der Waals surface area (Å²) < 4.78 is 42.0. The Morgan fingerprint density at radius 1 is 0.478 bits per heavy atom. The minimum absolute atomic E-state index is 0.0315. The summed E-state index contributed by atoms with van der Waals surface area (Å²) in [5.41, 5.74) is 11.1. The van der Waals surface area contributed by atoms with Crippen LogP contribution in [0.1, 0.15) is 199 Å². The van der Waals surface area contributed by atoms with Gasteiger partial charge in [-0.3, -0.25) is 19.2 Å². The monoisotopic (exact) mass is 1280 g/mol. The molecule has 18 heteroatoms. The van der Waals surface area contributed by atoms with Gasteiger partial charge in [-0.1, -0.05) is 88.7 Å². The molecule has 3 saturated heterocycles. The fraction of sp³-hybridized carbons (Fsp3) is 0.444. The van der Waals surface area contributed by atoms with Gasteiger partial charge >= 0.3 is 21.1 Å². The summed E-state index contributed by atoms with van der Waals surface area (Å²) in [4.78, 5) is 57.8. The lowest BCUT2D eigenvalue weighted by Crippen LogP contribution is -2.41. The highest BCUT2D eigenvalue weighted by atomic mass is 79.9. The first-order chi connectivity index (χ1) is 42.0. The van der Waals surface area contributed by atoms with Gasteiger partial charge in [0.1, 0.15) is 0 Å². The Balaban J connectivity index is 0.000000171. The number of carbonyl (C=O) groups excluding carboxylic acids is 2. The van der Waals surface area contributed by atoms with Gasteiger partial charge in [0, 0.05) is 84.1 Å². The van der Waals surface area contributed by atoms with E-state index in [-0.39, 0.29) is 63.6 Å². The lowest BCUT2D eigenvalue weighted by molar-refractivity contribution is 0.00578. The molecule has 0 amide bonds. The van der Waals surface area contributed by atoms with Crippen LogP contribution in [-0.2, 0) is 40.8 Å². The van der Waals surface area contributed by atoms with E-state index in [1.54, 1.807) is 0 Å². The smallest absolute Gasteiger partial charge is 0.405 e. The summed E-state index contributed by atoms with van der Waals surface area (Å²) in [5.74, 6) is 0.114. The third-order valence-electron chi connectivity index (χ3n) is 19.9. The van der Waals surface area contributed by atoms with E-state index in [0.29, 0.717) is 30.4 Å². The Morgan fingerprint density at radius 3 is 1.21 bits per heavy atom. The number of H-pyrrole nitrogens is 2. The number of nitrogens with one attached hydrogen (secondary N) is 2. The second-order valence-corrected chi connectivity index (χ2v) is 28.8. The number of carbonyl (C=O) groups is 2. The van der Waals surface area contributed by atoms with Crippen molar-refractivity contribution in [3.05, 3.63) is 202 Å². The van der Waals surface area contributed by atoms with Crippen molar-refractivity contribution in [1.82, 2.24) is 19.1 Å². The second kappa shape index (κ2) is 25.6. The van der Waals surface area contributed by atoms with Gasteiger partial charge in [0.2, 0.25) is 0 Å². The average Bonchev–Trinajstić information content (AvgIpc) is 1.63. The van der Waals surface area contributed by atoms with Crippen molar-refractivity contribution in [3.8, 4) is 0 Å². The van der Waals surface area contributed by atoms with Crippen LogP contribution in [0.4, 0.5) is 0 Å². The van der Waals surface area contributed by atoms with Crippen LogP contribution in [0.25, 0.3) is 21.8 Å². The van der Waals surface area contributed by atoms with Gasteiger partial charge in [-0.05, 0) is 215 Å². The first-order valence-electron chi connectivity index (χ1n) is 31.5. The molecule has 3 fully saturated rings. The van der Waals surface area contributed by atoms with Gasteiger partial charge in [-0.15, -0.1) is 0 Å². The molecule has 2 atom stereocenters. The average molecular weight is 1280 g/mol. The molecular formula is C72H90B3BrN4O10. The zero-order valence-corrected chi connectivity index (χ0v) is 58.0. The van der Waals surface area contributed by atoms with Crippen LogP contribution in [0, 0.1) is 41.5 Å². The summed E-state index contributed by atoms with van der Waals surface area (Å²) >= 11 is 3.57. The van der Waals surface area contributed by atoms with Gasteiger partial charge in [-0.2, -0.15) is 0 Å². The predicted octanol–water partition coefficient (Wildman–Crippen LogP) is 14.7. The van der Waals surface area contributed by atoms with Crippen LogP contribution in [-0.4, -0.2) is 85.4 Å². The van der Waals surface area contributed by atoms with Gasteiger partial charge in [0.05, 0.1) is 45.7 Å². The van der Waals surface area contributed by atoms with Gasteiger partial charge in [-0.25, -0.2) is 0 Å². The predicted molar refractivity (Wildman–Crippen MR) is 368 cm³/mol. The molecule has 7 heterocycles.